The molecule has 0 bridgehead atoms. The monoisotopic (exact) mass is 458 g/mol. The number of alkyl halides is 3. The highest BCUT2D eigenvalue weighted by atomic mass is 19.4. The van der Waals surface area contributed by atoms with E-state index in [4.69, 9.17) is 0 Å². The lowest BCUT2D eigenvalue weighted by Crippen LogP contribution is -2.31. The van der Waals surface area contributed by atoms with Crippen LogP contribution in [0.3, 0.4) is 0 Å². The third-order valence-corrected chi connectivity index (χ3v) is 6.92. The number of hydrogen-bond donors (Lipinski definition) is 1. The fourth-order valence-corrected chi connectivity index (χ4v) is 4.70. The summed E-state index contributed by atoms with van der Waals surface area (Å²) in [4.78, 5) is 19.5. The van der Waals surface area contributed by atoms with Crippen LogP contribution in [0.15, 0.2) is 18.2 Å². The lowest BCUT2D eigenvalue weighted by Gasteiger charge is -2.22. The van der Waals surface area contributed by atoms with Crippen LogP contribution in [0.25, 0.3) is 5.78 Å². The molecule has 3 aromatic rings. The topological polar surface area (TPSA) is 75.4 Å². The smallest absolute Gasteiger partial charge is 0.363 e. The van der Waals surface area contributed by atoms with Crippen molar-refractivity contribution in [1.82, 2.24) is 24.5 Å². The Bertz CT molecular complexity index is 1280. The van der Waals surface area contributed by atoms with E-state index in [1.165, 1.54) is 13.0 Å². The van der Waals surface area contributed by atoms with Crippen molar-refractivity contribution in [2.75, 3.05) is 5.32 Å². The van der Waals surface area contributed by atoms with E-state index in [0.29, 0.717) is 36.1 Å². The largest absolute Gasteiger partial charge is 0.416 e. The van der Waals surface area contributed by atoms with Crippen LogP contribution >= 0.6 is 0 Å². The fraction of sp³-hybridized carbons (Fsp3) is 0.478. The average Bonchev–Trinajstić information content (AvgIpc) is 3.17. The number of nitrogens with zero attached hydrogens (tertiary/aromatic N) is 5. The number of hydrogen-bond acceptors (Lipinski definition) is 5. The lowest BCUT2D eigenvalue weighted by atomic mass is 9.97. The average molecular weight is 458 g/mol. The second-order valence-corrected chi connectivity index (χ2v) is 9.37. The summed E-state index contributed by atoms with van der Waals surface area (Å²) in [5, 5.41) is 11.6. The second-order valence-electron chi connectivity index (χ2n) is 9.37. The van der Waals surface area contributed by atoms with E-state index in [1.54, 1.807) is 13.0 Å². The van der Waals surface area contributed by atoms with E-state index in [9.17, 15) is 18.0 Å². The van der Waals surface area contributed by atoms with Crippen molar-refractivity contribution in [2.24, 2.45) is 5.41 Å². The Morgan fingerprint density at radius 1 is 1.18 bits per heavy atom. The number of benzene rings is 1. The number of aryl methyl sites for hydroxylation is 1. The maximum Gasteiger partial charge on any atom is 0.416 e. The van der Waals surface area contributed by atoms with Gasteiger partial charge in [0.15, 0.2) is 0 Å². The molecule has 1 fully saturated rings. The Labute approximate surface area is 189 Å². The molecule has 1 atom stereocenters. The first-order chi connectivity index (χ1) is 15.5. The van der Waals surface area contributed by atoms with Gasteiger partial charge < -0.3 is 10.2 Å². The van der Waals surface area contributed by atoms with Gasteiger partial charge in [0, 0.05) is 11.0 Å². The molecule has 10 heteroatoms. The van der Waals surface area contributed by atoms with Crippen LogP contribution in [0.5, 0.6) is 0 Å². The van der Waals surface area contributed by atoms with E-state index >= 15 is 0 Å². The molecule has 3 heterocycles. The first-order valence-corrected chi connectivity index (χ1v) is 11.0. The molecule has 33 heavy (non-hydrogen) atoms. The van der Waals surface area contributed by atoms with Gasteiger partial charge in [-0.1, -0.05) is 19.1 Å². The van der Waals surface area contributed by atoms with Gasteiger partial charge in [0.05, 0.1) is 30.4 Å². The Morgan fingerprint density at radius 3 is 2.58 bits per heavy atom. The highest BCUT2D eigenvalue weighted by Gasteiger charge is 2.48. The first kappa shape index (κ1) is 21.7. The number of fused-ring (bicyclic) bond motifs is 3. The van der Waals surface area contributed by atoms with Gasteiger partial charge >= 0.3 is 6.18 Å². The molecule has 0 radical (unpaired) electrons. The van der Waals surface area contributed by atoms with Gasteiger partial charge in [-0.05, 0) is 50.8 Å². The highest BCUT2D eigenvalue weighted by molar-refractivity contribution is 5.85. The molecule has 7 nitrogen and oxygen atoms in total. The molecular formula is C23H25F3N6O. The minimum absolute atomic E-state index is 0.116. The van der Waals surface area contributed by atoms with Gasteiger partial charge in [0.2, 0.25) is 5.91 Å². The predicted octanol–water partition coefficient (Wildman–Crippen LogP) is 4.58. The maximum atomic E-state index is 13.4. The number of halogens is 3. The molecule has 174 valence electrons. The summed E-state index contributed by atoms with van der Waals surface area (Å²) in [7, 11) is 0. The van der Waals surface area contributed by atoms with Gasteiger partial charge in [-0.3, -0.25) is 9.20 Å². The number of rotatable bonds is 4. The SMILES string of the molecule is Cc1c(C(C)Nc2nc3nnc(C)n3c3c2CN(C(=O)C2(C)CC2)C3)cccc1C(F)(F)F. The maximum absolute atomic E-state index is 13.4. The van der Waals surface area contributed by atoms with E-state index in [0.717, 1.165) is 30.2 Å². The van der Waals surface area contributed by atoms with Crippen molar-refractivity contribution in [3.63, 3.8) is 0 Å². The van der Waals surface area contributed by atoms with Crippen LogP contribution in [0.1, 0.15) is 66.5 Å². The van der Waals surface area contributed by atoms with Crippen molar-refractivity contribution in [3.05, 3.63) is 52.0 Å². The third kappa shape index (κ3) is 3.52. The zero-order valence-electron chi connectivity index (χ0n) is 18.9. The highest BCUT2D eigenvalue weighted by Crippen LogP contribution is 2.48. The van der Waals surface area contributed by atoms with Crippen molar-refractivity contribution in [3.8, 4) is 0 Å². The molecule has 1 N–H and O–H groups in total. The van der Waals surface area contributed by atoms with E-state index in [1.807, 2.05) is 23.1 Å². The minimum Gasteiger partial charge on any atom is -0.363 e. The Balaban J connectivity index is 1.52. The molecule has 0 spiro atoms. The first-order valence-electron chi connectivity index (χ1n) is 11.0. The number of anilines is 1. The van der Waals surface area contributed by atoms with E-state index in [2.05, 4.69) is 20.5 Å². The molecule has 1 unspecified atom stereocenters. The molecular weight excluding hydrogens is 433 g/mol. The zero-order chi connectivity index (χ0) is 23.7. The molecule has 2 aromatic heterocycles. The number of amides is 1. The zero-order valence-corrected chi connectivity index (χ0v) is 18.9. The van der Waals surface area contributed by atoms with E-state index in [-0.39, 0.29) is 16.9 Å². The molecule has 1 aromatic carbocycles. The second kappa shape index (κ2) is 7.16. The summed E-state index contributed by atoms with van der Waals surface area (Å²) in [6.07, 6.45) is -2.65. The lowest BCUT2D eigenvalue weighted by molar-refractivity contribution is -0.138. The third-order valence-electron chi connectivity index (χ3n) is 6.92. The normalized spacial score (nSPS) is 17.8. The summed E-state index contributed by atoms with van der Waals surface area (Å²) < 4.78 is 42.1. The quantitative estimate of drug-likeness (QED) is 0.620. The molecule has 2 aliphatic rings. The number of nitrogens with one attached hydrogen (secondary N) is 1. The number of carbonyl (C=O) groups is 1. The van der Waals surface area contributed by atoms with Gasteiger partial charge in [-0.2, -0.15) is 18.2 Å². The minimum atomic E-state index is -4.42. The summed E-state index contributed by atoms with van der Waals surface area (Å²) in [6, 6.07) is 3.75. The van der Waals surface area contributed by atoms with Crippen molar-refractivity contribution >= 4 is 17.5 Å². The predicted molar refractivity (Wildman–Crippen MR) is 115 cm³/mol. The summed E-state index contributed by atoms with van der Waals surface area (Å²) in [5.74, 6) is 1.71. The van der Waals surface area contributed by atoms with Gasteiger partial charge in [0.25, 0.3) is 5.78 Å². The van der Waals surface area contributed by atoms with Crippen LogP contribution in [-0.4, -0.2) is 30.4 Å². The van der Waals surface area contributed by atoms with Gasteiger partial charge in [-0.25, -0.2) is 0 Å². The van der Waals surface area contributed by atoms with Crippen molar-refractivity contribution in [2.45, 2.75) is 65.8 Å². The Kier molecular flexibility index (Phi) is 4.70. The fourth-order valence-electron chi connectivity index (χ4n) is 4.70. The molecule has 1 saturated carbocycles. The van der Waals surface area contributed by atoms with E-state index < -0.39 is 17.8 Å². The number of carbonyl (C=O) groups excluding carboxylic acids is 1. The summed E-state index contributed by atoms with van der Waals surface area (Å²) in [5.41, 5.74) is 1.50. The molecule has 1 aliphatic heterocycles. The number of aromatic nitrogens is 4. The molecule has 5 rings (SSSR count). The van der Waals surface area contributed by atoms with Crippen LogP contribution in [-0.2, 0) is 24.1 Å². The van der Waals surface area contributed by atoms with Crippen LogP contribution in [0.4, 0.5) is 19.0 Å². The standard InChI is InChI=1S/C23H25F3N6O/c1-12-15(6-5-7-17(12)23(24,25)26)13(2)27-19-16-10-31(20(33)22(4)8-9-22)11-18(16)32-14(3)29-30-21(32)28-19/h5-7,13H,8-11H2,1-4H3,(H,27,28,30). The van der Waals surface area contributed by atoms with Gasteiger partial charge in [-0.15, -0.1) is 10.2 Å². The Hall–Kier alpha value is -3.17. The molecule has 1 aliphatic carbocycles. The summed E-state index contributed by atoms with van der Waals surface area (Å²) >= 11 is 0. The van der Waals surface area contributed by atoms with Crippen LogP contribution < -0.4 is 5.32 Å². The van der Waals surface area contributed by atoms with Crippen molar-refractivity contribution in [1.29, 1.82) is 0 Å². The van der Waals surface area contributed by atoms with Crippen molar-refractivity contribution < 1.29 is 18.0 Å². The van der Waals surface area contributed by atoms with Crippen LogP contribution in [0, 0.1) is 19.3 Å². The Morgan fingerprint density at radius 2 is 1.91 bits per heavy atom. The van der Waals surface area contributed by atoms with Gasteiger partial charge in [0.1, 0.15) is 11.6 Å². The molecule has 0 saturated heterocycles. The molecule has 1 amide bonds. The summed E-state index contributed by atoms with van der Waals surface area (Å²) in [6.45, 7) is 7.91. The van der Waals surface area contributed by atoms with Crippen LogP contribution in [0.2, 0.25) is 0 Å².